The molecule has 0 radical (unpaired) electrons. The van der Waals surface area contributed by atoms with E-state index in [-0.39, 0.29) is 30.3 Å². The van der Waals surface area contributed by atoms with Gasteiger partial charge in [0.1, 0.15) is 11.6 Å². The molecule has 1 aromatic carbocycles. The normalized spacial score (nSPS) is 15.6. The lowest BCUT2D eigenvalue weighted by Gasteiger charge is -2.28. The van der Waals surface area contributed by atoms with Gasteiger partial charge < -0.3 is 16.0 Å². The SMILES string of the molecule is CN1C(=O)CCC(C(N)=O)=C1Nc1ccc(I)cc1F. The highest BCUT2D eigenvalue weighted by Crippen LogP contribution is 2.25. The summed E-state index contributed by atoms with van der Waals surface area (Å²) in [5, 5.41) is 2.79. The summed E-state index contributed by atoms with van der Waals surface area (Å²) in [7, 11) is 1.53. The Bertz CT molecular complexity index is 616. The van der Waals surface area contributed by atoms with E-state index in [0.29, 0.717) is 5.57 Å². The van der Waals surface area contributed by atoms with Crippen LogP contribution in [0.2, 0.25) is 0 Å². The second-order valence-electron chi connectivity index (χ2n) is 4.39. The summed E-state index contributed by atoms with van der Waals surface area (Å²) in [6, 6.07) is 4.63. The fraction of sp³-hybridized carbons (Fsp3) is 0.231. The Morgan fingerprint density at radius 1 is 1.45 bits per heavy atom. The highest BCUT2D eigenvalue weighted by atomic mass is 127. The number of halogens is 2. The number of carbonyl (C=O) groups is 2. The average Bonchev–Trinajstić information content (AvgIpc) is 2.37. The van der Waals surface area contributed by atoms with E-state index >= 15 is 0 Å². The zero-order valence-electron chi connectivity index (χ0n) is 10.7. The fourth-order valence-corrected chi connectivity index (χ4v) is 2.42. The molecule has 20 heavy (non-hydrogen) atoms. The number of hydrogen-bond donors (Lipinski definition) is 2. The molecule has 0 aliphatic carbocycles. The first-order chi connectivity index (χ1) is 9.40. The van der Waals surface area contributed by atoms with Gasteiger partial charge in [0.2, 0.25) is 11.8 Å². The van der Waals surface area contributed by atoms with Gasteiger partial charge >= 0.3 is 0 Å². The summed E-state index contributed by atoms with van der Waals surface area (Å²) in [6.45, 7) is 0. The summed E-state index contributed by atoms with van der Waals surface area (Å²) in [6.07, 6.45) is 0.474. The molecule has 2 amide bonds. The minimum Gasteiger partial charge on any atom is -0.366 e. The summed E-state index contributed by atoms with van der Waals surface area (Å²) in [5.41, 5.74) is 5.80. The molecule has 5 nitrogen and oxygen atoms in total. The number of rotatable bonds is 3. The number of nitrogens with two attached hydrogens (primary N) is 1. The van der Waals surface area contributed by atoms with E-state index in [2.05, 4.69) is 5.32 Å². The summed E-state index contributed by atoms with van der Waals surface area (Å²) < 4.78 is 14.6. The largest absolute Gasteiger partial charge is 0.366 e. The van der Waals surface area contributed by atoms with Crippen LogP contribution < -0.4 is 11.1 Å². The van der Waals surface area contributed by atoms with Crippen molar-refractivity contribution in [2.75, 3.05) is 12.4 Å². The van der Waals surface area contributed by atoms with E-state index in [1.807, 2.05) is 22.6 Å². The molecule has 0 bridgehead atoms. The summed E-state index contributed by atoms with van der Waals surface area (Å²) in [5.74, 6) is -0.977. The molecule has 1 aliphatic heterocycles. The first-order valence-corrected chi connectivity index (χ1v) is 6.99. The number of amides is 2. The van der Waals surface area contributed by atoms with Gasteiger partial charge in [-0.25, -0.2) is 4.39 Å². The molecular weight excluding hydrogens is 376 g/mol. The number of hydrogen-bond acceptors (Lipinski definition) is 3. The van der Waals surface area contributed by atoms with Gasteiger partial charge in [-0.15, -0.1) is 0 Å². The number of primary amides is 1. The van der Waals surface area contributed by atoms with E-state index in [9.17, 15) is 14.0 Å². The van der Waals surface area contributed by atoms with Crippen LogP contribution in [0, 0.1) is 9.39 Å². The van der Waals surface area contributed by atoms with Gasteiger partial charge in [-0.05, 0) is 47.2 Å². The third kappa shape index (κ3) is 2.92. The van der Waals surface area contributed by atoms with Crippen molar-refractivity contribution in [3.8, 4) is 0 Å². The first kappa shape index (κ1) is 14.8. The Morgan fingerprint density at radius 3 is 2.75 bits per heavy atom. The van der Waals surface area contributed by atoms with E-state index in [1.165, 1.54) is 18.0 Å². The lowest BCUT2D eigenvalue weighted by molar-refractivity contribution is -0.129. The summed E-state index contributed by atoms with van der Waals surface area (Å²) in [4.78, 5) is 24.4. The highest BCUT2D eigenvalue weighted by Gasteiger charge is 2.27. The van der Waals surface area contributed by atoms with Crippen LogP contribution in [0.4, 0.5) is 10.1 Å². The topological polar surface area (TPSA) is 75.4 Å². The average molecular weight is 389 g/mol. The van der Waals surface area contributed by atoms with Gasteiger partial charge in [-0.1, -0.05) is 0 Å². The van der Waals surface area contributed by atoms with E-state index < -0.39 is 11.7 Å². The second-order valence-corrected chi connectivity index (χ2v) is 5.64. The molecule has 1 aliphatic rings. The molecule has 0 aromatic heterocycles. The van der Waals surface area contributed by atoms with Crippen LogP contribution in [0.5, 0.6) is 0 Å². The Balaban J connectivity index is 2.41. The van der Waals surface area contributed by atoms with Gasteiger partial charge in [0.15, 0.2) is 0 Å². The van der Waals surface area contributed by atoms with E-state index in [0.717, 1.165) is 3.57 Å². The maximum absolute atomic E-state index is 13.8. The lowest BCUT2D eigenvalue weighted by atomic mass is 10.0. The smallest absolute Gasteiger partial charge is 0.248 e. The molecule has 0 spiro atoms. The van der Waals surface area contributed by atoms with Gasteiger partial charge in [-0.3, -0.25) is 9.59 Å². The molecule has 0 fully saturated rings. The highest BCUT2D eigenvalue weighted by molar-refractivity contribution is 14.1. The van der Waals surface area contributed by atoms with Crippen LogP contribution in [0.25, 0.3) is 0 Å². The minimum absolute atomic E-state index is 0.150. The van der Waals surface area contributed by atoms with Crippen molar-refractivity contribution in [1.29, 1.82) is 0 Å². The van der Waals surface area contributed by atoms with E-state index in [4.69, 9.17) is 5.73 Å². The van der Waals surface area contributed by atoms with Gasteiger partial charge in [0.05, 0.1) is 11.3 Å². The third-order valence-electron chi connectivity index (χ3n) is 3.07. The van der Waals surface area contributed by atoms with Crippen LogP contribution in [-0.4, -0.2) is 23.8 Å². The Morgan fingerprint density at radius 2 is 2.15 bits per heavy atom. The Labute approximate surface area is 129 Å². The molecule has 0 atom stereocenters. The molecule has 2 rings (SSSR count). The molecule has 3 N–H and O–H groups in total. The van der Waals surface area contributed by atoms with Gasteiger partial charge in [-0.2, -0.15) is 0 Å². The number of benzene rings is 1. The molecule has 7 heteroatoms. The van der Waals surface area contributed by atoms with Crippen molar-refractivity contribution in [2.45, 2.75) is 12.8 Å². The van der Waals surface area contributed by atoms with Crippen molar-refractivity contribution in [3.05, 3.63) is 39.0 Å². The fourth-order valence-electron chi connectivity index (χ4n) is 1.96. The number of nitrogens with zero attached hydrogens (tertiary/aromatic N) is 1. The third-order valence-corrected chi connectivity index (χ3v) is 3.74. The van der Waals surface area contributed by atoms with Crippen molar-refractivity contribution in [3.63, 3.8) is 0 Å². The molecular formula is C13H13FIN3O2. The standard InChI is InChI=1S/C13H13FIN3O2/c1-18-11(19)5-3-8(12(16)20)13(18)17-10-4-2-7(15)6-9(10)14/h2,4,6,17H,3,5H2,1H3,(H2,16,20). The van der Waals surface area contributed by atoms with Gasteiger partial charge in [0.25, 0.3) is 0 Å². The lowest BCUT2D eigenvalue weighted by Crippen LogP contribution is -2.37. The van der Waals surface area contributed by atoms with Crippen LogP contribution in [0.1, 0.15) is 12.8 Å². The quantitative estimate of drug-likeness (QED) is 0.775. The first-order valence-electron chi connectivity index (χ1n) is 5.91. The van der Waals surface area contributed by atoms with Crippen molar-refractivity contribution in [2.24, 2.45) is 5.73 Å². The maximum atomic E-state index is 13.8. The number of anilines is 1. The van der Waals surface area contributed by atoms with Crippen LogP contribution in [0.15, 0.2) is 29.6 Å². The maximum Gasteiger partial charge on any atom is 0.248 e. The van der Waals surface area contributed by atoms with Crippen LogP contribution in [-0.2, 0) is 9.59 Å². The molecule has 1 aromatic rings. The Kier molecular flexibility index (Phi) is 4.26. The zero-order valence-corrected chi connectivity index (χ0v) is 12.9. The minimum atomic E-state index is -0.613. The van der Waals surface area contributed by atoms with E-state index in [1.54, 1.807) is 12.1 Å². The van der Waals surface area contributed by atoms with Crippen molar-refractivity contribution in [1.82, 2.24) is 4.90 Å². The van der Waals surface area contributed by atoms with Crippen LogP contribution in [0.3, 0.4) is 0 Å². The molecule has 0 unspecified atom stereocenters. The predicted octanol–water partition coefficient (Wildman–Crippen LogP) is 1.79. The summed E-state index contributed by atoms with van der Waals surface area (Å²) >= 11 is 2.00. The number of nitrogens with one attached hydrogen (secondary N) is 1. The second kappa shape index (κ2) is 5.78. The zero-order chi connectivity index (χ0) is 14.9. The van der Waals surface area contributed by atoms with Crippen molar-refractivity contribution < 1.29 is 14.0 Å². The predicted molar refractivity (Wildman–Crippen MR) is 81.0 cm³/mol. The van der Waals surface area contributed by atoms with Gasteiger partial charge in [0, 0.05) is 17.0 Å². The Hall–Kier alpha value is -1.64. The molecule has 0 saturated heterocycles. The monoisotopic (exact) mass is 389 g/mol. The molecule has 106 valence electrons. The van der Waals surface area contributed by atoms with Crippen molar-refractivity contribution >= 4 is 40.1 Å². The molecule has 1 heterocycles. The molecule has 0 saturated carbocycles. The number of carbonyl (C=O) groups excluding carboxylic acids is 2. The van der Waals surface area contributed by atoms with Crippen LogP contribution >= 0.6 is 22.6 Å².